The Balaban J connectivity index is 2.16. The molecule has 0 bridgehead atoms. The fraction of sp³-hybridized carbons (Fsp3) is 0.200. The van der Waals surface area contributed by atoms with Crippen LogP contribution in [0.15, 0.2) is 36.7 Å². The lowest BCUT2D eigenvalue weighted by atomic mass is 10.1. The van der Waals surface area contributed by atoms with Crippen LogP contribution in [0.5, 0.6) is 0 Å². The highest BCUT2D eigenvalue weighted by atomic mass is 19.1. The molecule has 110 valence electrons. The molecule has 1 atom stereocenters. The van der Waals surface area contributed by atoms with E-state index in [1.54, 1.807) is 32.0 Å². The number of hydrogen-bond donors (Lipinski definition) is 3. The van der Waals surface area contributed by atoms with Gasteiger partial charge < -0.3 is 10.7 Å². The number of pyridine rings is 1. The van der Waals surface area contributed by atoms with Gasteiger partial charge in [-0.05, 0) is 37.1 Å². The second-order valence-corrected chi connectivity index (χ2v) is 4.77. The zero-order chi connectivity index (χ0) is 15.4. The molecule has 2 aromatic rings. The van der Waals surface area contributed by atoms with E-state index < -0.39 is 0 Å². The van der Waals surface area contributed by atoms with Crippen molar-refractivity contribution >= 4 is 11.6 Å². The molecule has 0 spiro atoms. The van der Waals surface area contributed by atoms with E-state index in [0.29, 0.717) is 22.4 Å². The number of amides is 1. The summed E-state index contributed by atoms with van der Waals surface area (Å²) in [4.78, 5) is 16.1. The van der Waals surface area contributed by atoms with Gasteiger partial charge >= 0.3 is 0 Å². The molecule has 2 rings (SSSR count). The Morgan fingerprint density at radius 2 is 2.14 bits per heavy atom. The van der Waals surface area contributed by atoms with Gasteiger partial charge in [0, 0.05) is 6.20 Å². The first-order valence-electron chi connectivity index (χ1n) is 6.50. The summed E-state index contributed by atoms with van der Waals surface area (Å²) in [6.07, 6.45) is 2.97. The molecule has 1 aromatic carbocycles. The van der Waals surface area contributed by atoms with Crippen molar-refractivity contribution in [3.63, 3.8) is 0 Å². The molecule has 0 aliphatic rings. The average molecular weight is 288 g/mol. The molecule has 0 fully saturated rings. The van der Waals surface area contributed by atoms with E-state index in [1.165, 1.54) is 18.5 Å². The summed E-state index contributed by atoms with van der Waals surface area (Å²) in [5, 5.41) is 2.80. The van der Waals surface area contributed by atoms with Crippen molar-refractivity contribution < 1.29 is 9.18 Å². The zero-order valence-electron chi connectivity index (χ0n) is 11.9. The molecule has 1 heterocycles. The van der Waals surface area contributed by atoms with Crippen molar-refractivity contribution in [1.29, 1.82) is 0 Å². The summed E-state index contributed by atoms with van der Waals surface area (Å²) in [5.41, 5.74) is 4.50. The maximum absolute atomic E-state index is 13.6. The van der Waals surface area contributed by atoms with Crippen LogP contribution in [-0.2, 0) is 0 Å². The number of anilines is 1. The van der Waals surface area contributed by atoms with Crippen LogP contribution in [0.4, 0.5) is 10.1 Å². The van der Waals surface area contributed by atoms with Crippen LogP contribution < -0.4 is 16.6 Å². The topological polar surface area (TPSA) is 80.0 Å². The van der Waals surface area contributed by atoms with Crippen LogP contribution in [0.1, 0.15) is 34.5 Å². The number of carbonyl (C=O) groups excluding carboxylic acids is 1. The molecule has 6 heteroatoms. The van der Waals surface area contributed by atoms with Crippen LogP contribution in [0.25, 0.3) is 0 Å². The smallest absolute Gasteiger partial charge is 0.254 e. The average Bonchev–Trinajstić information content (AvgIpc) is 2.49. The third-order valence-electron chi connectivity index (χ3n) is 3.26. The van der Waals surface area contributed by atoms with E-state index >= 15 is 0 Å². The Bertz CT molecular complexity index is 660. The number of halogens is 1. The molecular formula is C15H17FN4O. The normalized spacial score (nSPS) is 11.8. The minimum Gasteiger partial charge on any atom is -0.345 e. The highest BCUT2D eigenvalue weighted by molar-refractivity contribution is 5.99. The van der Waals surface area contributed by atoms with Crippen LogP contribution in [0.3, 0.4) is 0 Å². The van der Waals surface area contributed by atoms with Crippen LogP contribution in [0, 0.1) is 12.7 Å². The molecule has 0 aliphatic carbocycles. The predicted octanol–water partition coefficient (Wildman–Crippen LogP) is 2.31. The maximum atomic E-state index is 13.6. The number of carbonyl (C=O) groups is 1. The fourth-order valence-corrected chi connectivity index (χ4v) is 1.94. The molecule has 0 radical (unpaired) electrons. The van der Waals surface area contributed by atoms with Gasteiger partial charge in [-0.1, -0.05) is 12.1 Å². The Labute approximate surface area is 122 Å². The number of aromatic nitrogens is 1. The van der Waals surface area contributed by atoms with Gasteiger partial charge in [-0.2, -0.15) is 0 Å². The monoisotopic (exact) mass is 288 g/mol. The summed E-state index contributed by atoms with van der Waals surface area (Å²) in [7, 11) is 0. The first-order chi connectivity index (χ1) is 10.0. The van der Waals surface area contributed by atoms with Crippen LogP contribution in [-0.4, -0.2) is 10.9 Å². The lowest BCUT2D eigenvalue weighted by molar-refractivity contribution is 0.0940. The molecule has 0 saturated carbocycles. The Hall–Kier alpha value is -2.47. The van der Waals surface area contributed by atoms with Crippen molar-refractivity contribution in [2.45, 2.75) is 19.9 Å². The van der Waals surface area contributed by atoms with Crippen LogP contribution in [0.2, 0.25) is 0 Å². The number of nitrogens with two attached hydrogens (primary N) is 1. The summed E-state index contributed by atoms with van der Waals surface area (Å²) in [6.45, 7) is 3.48. The van der Waals surface area contributed by atoms with Crippen molar-refractivity contribution in [2.24, 2.45) is 5.84 Å². The van der Waals surface area contributed by atoms with E-state index in [0.717, 1.165) is 0 Å². The lowest BCUT2D eigenvalue weighted by Crippen LogP contribution is -2.28. The first-order valence-corrected chi connectivity index (χ1v) is 6.50. The minimum atomic E-state index is -0.327. The van der Waals surface area contributed by atoms with Gasteiger partial charge in [0.25, 0.3) is 5.91 Å². The highest BCUT2D eigenvalue weighted by Gasteiger charge is 2.15. The number of hydrazine groups is 1. The first kappa shape index (κ1) is 14.9. The van der Waals surface area contributed by atoms with Gasteiger partial charge in [-0.15, -0.1) is 0 Å². The summed E-state index contributed by atoms with van der Waals surface area (Å²) < 4.78 is 13.6. The van der Waals surface area contributed by atoms with E-state index in [1.807, 2.05) is 0 Å². The second kappa shape index (κ2) is 6.32. The summed E-state index contributed by atoms with van der Waals surface area (Å²) in [6, 6.07) is 6.14. The largest absolute Gasteiger partial charge is 0.345 e. The quantitative estimate of drug-likeness (QED) is 0.596. The molecular weight excluding hydrogens is 271 g/mol. The van der Waals surface area contributed by atoms with Gasteiger partial charge in [0.2, 0.25) is 0 Å². The van der Waals surface area contributed by atoms with Gasteiger partial charge in [-0.3, -0.25) is 15.6 Å². The number of aryl methyl sites for hydroxylation is 1. The molecule has 4 N–H and O–H groups in total. The molecule has 5 nitrogen and oxygen atoms in total. The standard InChI is InChI=1S/C15H17FN4O/c1-9-3-4-11(7-13(9)16)10(2)19-15(21)12-5-6-18-8-14(12)20-17/h3-8,10,20H,17H2,1-2H3,(H,19,21). The number of rotatable bonds is 4. The van der Waals surface area contributed by atoms with Crippen molar-refractivity contribution in [2.75, 3.05) is 5.43 Å². The van der Waals surface area contributed by atoms with E-state index in [2.05, 4.69) is 15.7 Å². The number of nitrogens with one attached hydrogen (secondary N) is 2. The number of hydrogen-bond acceptors (Lipinski definition) is 4. The SMILES string of the molecule is Cc1ccc(C(C)NC(=O)c2ccncc2NN)cc1F. The zero-order valence-corrected chi connectivity index (χ0v) is 11.9. The van der Waals surface area contributed by atoms with Gasteiger partial charge in [0.1, 0.15) is 5.82 Å². The second-order valence-electron chi connectivity index (χ2n) is 4.77. The molecule has 0 saturated heterocycles. The maximum Gasteiger partial charge on any atom is 0.254 e. The van der Waals surface area contributed by atoms with Crippen molar-refractivity contribution in [3.05, 3.63) is 59.2 Å². The van der Waals surface area contributed by atoms with E-state index in [4.69, 9.17) is 5.84 Å². The van der Waals surface area contributed by atoms with Crippen LogP contribution >= 0.6 is 0 Å². The van der Waals surface area contributed by atoms with Gasteiger partial charge in [0.05, 0.1) is 23.5 Å². The molecule has 21 heavy (non-hydrogen) atoms. The predicted molar refractivity (Wildman–Crippen MR) is 79.1 cm³/mol. The number of benzene rings is 1. The third kappa shape index (κ3) is 3.35. The minimum absolute atomic E-state index is 0.290. The Morgan fingerprint density at radius 3 is 2.81 bits per heavy atom. The van der Waals surface area contributed by atoms with Crippen molar-refractivity contribution in [3.8, 4) is 0 Å². The molecule has 1 amide bonds. The third-order valence-corrected chi connectivity index (χ3v) is 3.26. The van der Waals surface area contributed by atoms with Gasteiger partial charge in [0.15, 0.2) is 0 Å². The van der Waals surface area contributed by atoms with E-state index in [-0.39, 0.29) is 17.8 Å². The fourth-order valence-electron chi connectivity index (χ4n) is 1.94. The summed E-state index contributed by atoms with van der Waals surface area (Å²) in [5.74, 6) is 4.75. The lowest BCUT2D eigenvalue weighted by Gasteiger charge is -2.16. The van der Waals surface area contributed by atoms with Crippen molar-refractivity contribution in [1.82, 2.24) is 10.3 Å². The highest BCUT2D eigenvalue weighted by Crippen LogP contribution is 2.18. The molecule has 1 unspecified atom stereocenters. The Morgan fingerprint density at radius 1 is 1.38 bits per heavy atom. The molecule has 1 aromatic heterocycles. The molecule has 0 aliphatic heterocycles. The van der Waals surface area contributed by atoms with E-state index in [9.17, 15) is 9.18 Å². The summed E-state index contributed by atoms with van der Waals surface area (Å²) >= 11 is 0. The van der Waals surface area contributed by atoms with Gasteiger partial charge in [-0.25, -0.2) is 4.39 Å². The number of nitrogen functional groups attached to an aromatic ring is 1. The number of nitrogens with zero attached hydrogens (tertiary/aromatic N) is 1. The Kier molecular flexibility index (Phi) is 4.49.